The van der Waals surface area contributed by atoms with Gasteiger partial charge in [-0.2, -0.15) is 0 Å². The molecule has 5 heteroatoms. The highest BCUT2D eigenvalue weighted by Crippen LogP contribution is 2.28. The molecule has 0 aliphatic carbocycles. The van der Waals surface area contributed by atoms with Crippen molar-refractivity contribution in [2.24, 2.45) is 9.50 Å². The summed E-state index contributed by atoms with van der Waals surface area (Å²) in [6.07, 6.45) is 3.35. The highest BCUT2D eigenvalue weighted by Gasteiger charge is 2.17. The first-order valence-corrected chi connectivity index (χ1v) is 6.28. The molecule has 0 spiro atoms. The van der Waals surface area contributed by atoms with E-state index in [1.807, 2.05) is 6.20 Å². The summed E-state index contributed by atoms with van der Waals surface area (Å²) in [4.78, 5) is 5.50. The first kappa shape index (κ1) is 11.6. The normalized spacial score (nSPS) is 14.3. The van der Waals surface area contributed by atoms with Crippen molar-refractivity contribution in [2.45, 2.75) is 30.5 Å². The Bertz CT molecular complexity index is 360. The molecular formula is C9H15N3S2. The van der Waals surface area contributed by atoms with Gasteiger partial charge >= 0.3 is 0 Å². The molecule has 1 aromatic heterocycles. The van der Waals surface area contributed by atoms with Crippen LogP contribution >= 0.6 is 11.3 Å². The maximum Gasteiger partial charge on any atom is 0.175 e. The van der Waals surface area contributed by atoms with Gasteiger partial charge in [0, 0.05) is 28.2 Å². The smallest absolute Gasteiger partial charge is 0.175 e. The molecule has 0 bridgehead atoms. The molecule has 2 N–H and O–H groups in total. The van der Waals surface area contributed by atoms with Crippen LogP contribution in [0.5, 0.6) is 0 Å². The first-order chi connectivity index (χ1) is 6.45. The molecule has 1 atom stereocenters. The summed E-state index contributed by atoms with van der Waals surface area (Å²) in [5.41, 5.74) is 0.133. The Hall–Kier alpha value is -0.520. The largest absolute Gasteiger partial charge is 0.263 e. The van der Waals surface area contributed by atoms with Gasteiger partial charge in [0.1, 0.15) is 0 Å². The highest BCUT2D eigenvalue weighted by molar-refractivity contribution is 7.87. The zero-order chi connectivity index (χ0) is 10.8. The Kier molecular flexibility index (Phi) is 3.58. The van der Waals surface area contributed by atoms with Crippen molar-refractivity contribution in [3.05, 3.63) is 23.9 Å². The van der Waals surface area contributed by atoms with E-state index >= 15 is 0 Å². The van der Waals surface area contributed by atoms with Crippen molar-refractivity contribution in [1.82, 2.24) is 4.98 Å². The number of rotatable bonds is 2. The number of thiazole rings is 1. The standard InChI is InChI=1S/C9H15N3S2/c1-5-12-14(10)8-11-6-7(13-8)9(2,3)4/h5-6H,1H2,2-4H3,(H2,10,12). The van der Waals surface area contributed by atoms with Gasteiger partial charge in [0.25, 0.3) is 0 Å². The van der Waals surface area contributed by atoms with Crippen molar-refractivity contribution in [1.29, 1.82) is 0 Å². The topological polar surface area (TPSA) is 51.3 Å². The van der Waals surface area contributed by atoms with Crippen LogP contribution in [0.3, 0.4) is 0 Å². The van der Waals surface area contributed by atoms with E-state index in [1.165, 1.54) is 11.1 Å². The molecule has 3 nitrogen and oxygen atoms in total. The molecular weight excluding hydrogens is 214 g/mol. The Labute approximate surface area is 91.3 Å². The van der Waals surface area contributed by atoms with E-state index in [0.29, 0.717) is 0 Å². The maximum absolute atomic E-state index is 5.80. The Morgan fingerprint density at radius 1 is 1.64 bits per heavy atom. The zero-order valence-corrected chi connectivity index (χ0v) is 10.3. The second kappa shape index (κ2) is 4.33. The molecule has 0 saturated carbocycles. The summed E-state index contributed by atoms with van der Waals surface area (Å²) in [7, 11) is -0.633. The molecule has 1 rings (SSSR count). The lowest BCUT2D eigenvalue weighted by Gasteiger charge is -2.14. The van der Waals surface area contributed by atoms with Gasteiger partial charge in [-0.1, -0.05) is 27.4 Å². The van der Waals surface area contributed by atoms with Crippen LogP contribution in [0.4, 0.5) is 0 Å². The van der Waals surface area contributed by atoms with Gasteiger partial charge in [0.2, 0.25) is 0 Å². The number of nitrogens with zero attached hydrogens (tertiary/aromatic N) is 2. The van der Waals surface area contributed by atoms with E-state index in [4.69, 9.17) is 5.14 Å². The van der Waals surface area contributed by atoms with Gasteiger partial charge in [-0.15, -0.1) is 11.3 Å². The molecule has 1 aromatic rings. The van der Waals surface area contributed by atoms with Gasteiger partial charge in [0.15, 0.2) is 4.34 Å². The number of aromatic nitrogens is 1. The SMILES string of the molecule is C=CN=S(N)c1ncc(C(C)(C)C)s1. The van der Waals surface area contributed by atoms with Crippen LogP contribution in [-0.2, 0) is 16.3 Å². The minimum Gasteiger partial charge on any atom is -0.263 e. The van der Waals surface area contributed by atoms with Crippen molar-refractivity contribution in [3.8, 4) is 0 Å². The zero-order valence-electron chi connectivity index (χ0n) is 8.65. The predicted molar refractivity (Wildman–Crippen MR) is 63.3 cm³/mol. The van der Waals surface area contributed by atoms with Crippen LogP contribution in [0.1, 0.15) is 25.6 Å². The van der Waals surface area contributed by atoms with Gasteiger partial charge in [-0.25, -0.2) is 9.35 Å². The maximum atomic E-state index is 5.80. The van der Waals surface area contributed by atoms with Gasteiger partial charge < -0.3 is 0 Å². The summed E-state index contributed by atoms with van der Waals surface area (Å²) in [5.74, 6) is 0. The van der Waals surface area contributed by atoms with E-state index in [1.54, 1.807) is 11.3 Å². The fourth-order valence-electron chi connectivity index (χ4n) is 0.827. The summed E-state index contributed by atoms with van der Waals surface area (Å²) in [6.45, 7) is 9.99. The van der Waals surface area contributed by atoms with Crippen LogP contribution < -0.4 is 5.14 Å². The van der Waals surface area contributed by atoms with E-state index in [9.17, 15) is 0 Å². The highest BCUT2D eigenvalue weighted by atomic mass is 32.2. The molecule has 1 unspecified atom stereocenters. The molecule has 0 aliphatic heterocycles. The molecule has 0 aliphatic rings. The third-order valence-corrected chi connectivity index (χ3v) is 4.41. The molecule has 0 amide bonds. The number of hydrogen-bond donors (Lipinski definition) is 1. The second-order valence-corrected chi connectivity index (χ2v) is 6.36. The summed E-state index contributed by atoms with van der Waals surface area (Å²) in [5, 5.41) is 5.80. The van der Waals surface area contributed by atoms with Crippen molar-refractivity contribution < 1.29 is 0 Å². The molecule has 78 valence electrons. The predicted octanol–water partition coefficient (Wildman–Crippen LogP) is 2.62. The van der Waals surface area contributed by atoms with Crippen LogP contribution in [0.15, 0.2) is 27.7 Å². The van der Waals surface area contributed by atoms with Gasteiger partial charge in [0.05, 0.1) is 0 Å². The molecule has 0 radical (unpaired) electrons. The van der Waals surface area contributed by atoms with Crippen LogP contribution in [0, 0.1) is 0 Å². The Morgan fingerprint density at radius 3 is 2.71 bits per heavy atom. The lowest BCUT2D eigenvalue weighted by Crippen LogP contribution is -2.08. The minimum atomic E-state index is -0.633. The second-order valence-electron chi connectivity index (χ2n) is 3.84. The average molecular weight is 229 g/mol. The fourth-order valence-corrected chi connectivity index (χ4v) is 2.68. The van der Waals surface area contributed by atoms with E-state index < -0.39 is 10.9 Å². The van der Waals surface area contributed by atoms with E-state index in [-0.39, 0.29) is 5.41 Å². The summed E-state index contributed by atoms with van der Waals surface area (Å²) in [6, 6.07) is 0. The van der Waals surface area contributed by atoms with Crippen LogP contribution in [0.25, 0.3) is 0 Å². The minimum absolute atomic E-state index is 0.133. The Balaban J connectivity index is 3.00. The fraction of sp³-hybridized carbons (Fsp3) is 0.444. The third kappa shape index (κ3) is 2.73. The van der Waals surface area contributed by atoms with Crippen LogP contribution in [0.2, 0.25) is 0 Å². The van der Waals surface area contributed by atoms with Crippen LogP contribution in [-0.4, -0.2) is 4.98 Å². The van der Waals surface area contributed by atoms with Gasteiger partial charge in [-0.05, 0) is 5.41 Å². The third-order valence-electron chi connectivity index (χ3n) is 1.59. The quantitative estimate of drug-likeness (QED) is 0.847. The summed E-state index contributed by atoms with van der Waals surface area (Å²) < 4.78 is 4.88. The number of hydrogen-bond acceptors (Lipinski definition) is 3. The molecule has 0 aromatic carbocycles. The Morgan fingerprint density at radius 2 is 2.29 bits per heavy atom. The lowest BCUT2D eigenvalue weighted by molar-refractivity contribution is 0.602. The van der Waals surface area contributed by atoms with Crippen molar-refractivity contribution in [2.75, 3.05) is 0 Å². The molecule has 0 fully saturated rings. The molecule has 14 heavy (non-hydrogen) atoms. The number of nitrogens with two attached hydrogens (primary N) is 1. The monoisotopic (exact) mass is 229 g/mol. The van der Waals surface area contributed by atoms with Crippen molar-refractivity contribution >= 4 is 22.2 Å². The molecule has 1 heterocycles. The van der Waals surface area contributed by atoms with Crippen molar-refractivity contribution in [3.63, 3.8) is 0 Å². The van der Waals surface area contributed by atoms with E-state index in [0.717, 1.165) is 4.34 Å². The van der Waals surface area contributed by atoms with Gasteiger partial charge in [-0.3, -0.25) is 5.14 Å². The summed E-state index contributed by atoms with van der Waals surface area (Å²) >= 11 is 1.62. The molecule has 0 saturated heterocycles. The lowest BCUT2D eigenvalue weighted by atomic mass is 9.96. The average Bonchev–Trinajstić information content (AvgIpc) is 2.51. The van der Waals surface area contributed by atoms with E-state index in [2.05, 4.69) is 36.7 Å². The first-order valence-electron chi connectivity index (χ1n) is 4.22.